The summed E-state index contributed by atoms with van der Waals surface area (Å²) >= 11 is 0. The first-order valence-corrected chi connectivity index (χ1v) is 8.00. The number of hydrogen-bond donors (Lipinski definition) is 0. The lowest BCUT2D eigenvalue weighted by Crippen LogP contribution is -2.30. The Balaban J connectivity index is 2.36. The smallest absolute Gasteiger partial charge is 0.00186 e. The molecule has 0 aromatic carbocycles. The molecule has 1 atom stereocenters. The van der Waals surface area contributed by atoms with Gasteiger partial charge in [-0.2, -0.15) is 0 Å². The summed E-state index contributed by atoms with van der Waals surface area (Å²) in [4.78, 5) is 2.69. The number of rotatable bonds is 7. The zero-order valence-electron chi connectivity index (χ0n) is 12.9. The van der Waals surface area contributed by atoms with E-state index in [2.05, 4.69) is 32.3 Å². The molecular formula is C17H33N. The van der Waals surface area contributed by atoms with Crippen molar-refractivity contribution in [3.63, 3.8) is 0 Å². The molecule has 0 bridgehead atoms. The van der Waals surface area contributed by atoms with Crippen LogP contribution in [0, 0.1) is 11.8 Å². The molecule has 0 aromatic heterocycles. The van der Waals surface area contributed by atoms with E-state index in [0.29, 0.717) is 0 Å². The Hall–Kier alpha value is -0.300. The molecule has 0 amide bonds. The number of likely N-dealkylation sites (tertiary alicyclic amines) is 1. The van der Waals surface area contributed by atoms with Gasteiger partial charge in [0, 0.05) is 13.1 Å². The highest BCUT2D eigenvalue weighted by molar-refractivity contribution is 4.96. The largest absolute Gasteiger partial charge is 0.303 e. The van der Waals surface area contributed by atoms with E-state index in [-0.39, 0.29) is 0 Å². The fourth-order valence-electron chi connectivity index (χ4n) is 2.96. The van der Waals surface area contributed by atoms with Gasteiger partial charge in [0.1, 0.15) is 0 Å². The number of nitrogens with zero attached hydrogens (tertiary/aromatic N) is 1. The lowest BCUT2D eigenvalue weighted by molar-refractivity contribution is 0.219. The highest BCUT2D eigenvalue weighted by atomic mass is 15.1. The normalized spacial score (nSPS) is 20.1. The van der Waals surface area contributed by atoms with Crippen LogP contribution < -0.4 is 0 Å². The van der Waals surface area contributed by atoms with Gasteiger partial charge in [0.25, 0.3) is 0 Å². The third-order valence-electron chi connectivity index (χ3n) is 4.15. The van der Waals surface area contributed by atoms with Crippen LogP contribution >= 0.6 is 0 Å². The molecule has 0 aliphatic carbocycles. The third-order valence-corrected chi connectivity index (χ3v) is 4.15. The Morgan fingerprint density at radius 2 is 1.89 bits per heavy atom. The minimum absolute atomic E-state index is 0.855. The molecule has 0 aromatic rings. The second kappa shape index (κ2) is 8.74. The minimum Gasteiger partial charge on any atom is -0.303 e. The molecule has 1 saturated heterocycles. The van der Waals surface area contributed by atoms with Crippen LogP contribution in [0.15, 0.2) is 12.2 Å². The summed E-state index contributed by atoms with van der Waals surface area (Å²) in [7, 11) is 0. The van der Waals surface area contributed by atoms with Gasteiger partial charge in [0.2, 0.25) is 0 Å². The lowest BCUT2D eigenvalue weighted by Gasteiger charge is -2.26. The van der Waals surface area contributed by atoms with Gasteiger partial charge in [-0.25, -0.2) is 0 Å². The molecule has 106 valence electrons. The zero-order chi connectivity index (χ0) is 13.4. The van der Waals surface area contributed by atoms with Gasteiger partial charge in [-0.3, -0.25) is 0 Å². The van der Waals surface area contributed by atoms with Gasteiger partial charge in [-0.15, -0.1) is 0 Å². The van der Waals surface area contributed by atoms with E-state index in [9.17, 15) is 0 Å². The van der Waals surface area contributed by atoms with Crippen molar-refractivity contribution in [1.82, 2.24) is 4.90 Å². The van der Waals surface area contributed by atoms with Crippen LogP contribution in [-0.2, 0) is 0 Å². The summed E-state index contributed by atoms with van der Waals surface area (Å²) in [5.74, 6) is 1.78. The van der Waals surface area contributed by atoms with Crippen LogP contribution in [0.25, 0.3) is 0 Å². The summed E-state index contributed by atoms with van der Waals surface area (Å²) in [5, 5.41) is 0. The van der Waals surface area contributed by atoms with Crippen LogP contribution in [0.1, 0.15) is 65.7 Å². The quantitative estimate of drug-likeness (QED) is 0.583. The Kier molecular flexibility index (Phi) is 7.65. The molecule has 0 radical (unpaired) electrons. The minimum atomic E-state index is 0.855. The second-order valence-corrected chi connectivity index (χ2v) is 6.53. The van der Waals surface area contributed by atoms with E-state index < -0.39 is 0 Å². The van der Waals surface area contributed by atoms with E-state index >= 15 is 0 Å². The Morgan fingerprint density at radius 1 is 1.11 bits per heavy atom. The SMILES string of the molecule is C=C1CCCN(CC(CCC)CCC(C)C)CC1. The van der Waals surface area contributed by atoms with Crippen molar-refractivity contribution in [2.75, 3.05) is 19.6 Å². The highest BCUT2D eigenvalue weighted by Crippen LogP contribution is 2.21. The average molecular weight is 251 g/mol. The fourth-order valence-corrected chi connectivity index (χ4v) is 2.96. The van der Waals surface area contributed by atoms with Crippen LogP contribution in [0.4, 0.5) is 0 Å². The van der Waals surface area contributed by atoms with E-state index in [1.54, 1.807) is 0 Å². The maximum absolute atomic E-state index is 4.16. The summed E-state index contributed by atoms with van der Waals surface area (Å²) in [6.45, 7) is 15.0. The van der Waals surface area contributed by atoms with Crippen LogP contribution in [0.2, 0.25) is 0 Å². The molecule has 0 spiro atoms. The molecule has 1 unspecified atom stereocenters. The third kappa shape index (κ3) is 6.58. The first-order chi connectivity index (χ1) is 8.61. The van der Waals surface area contributed by atoms with Crippen LogP contribution in [0.3, 0.4) is 0 Å². The molecule has 1 aliphatic rings. The lowest BCUT2D eigenvalue weighted by atomic mass is 9.93. The molecule has 0 N–H and O–H groups in total. The Bertz CT molecular complexity index is 232. The molecule has 1 nitrogen and oxygen atoms in total. The fraction of sp³-hybridized carbons (Fsp3) is 0.882. The average Bonchev–Trinajstić information content (AvgIpc) is 2.52. The molecule has 1 heteroatoms. The highest BCUT2D eigenvalue weighted by Gasteiger charge is 2.16. The van der Waals surface area contributed by atoms with E-state index in [0.717, 1.165) is 11.8 Å². The van der Waals surface area contributed by atoms with Crippen LogP contribution in [-0.4, -0.2) is 24.5 Å². The van der Waals surface area contributed by atoms with Gasteiger partial charge in [0.05, 0.1) is 0 Å². The first-order valence-electron chi connectivity index (χ1n) is 8.00. The second-order valence-electron chi connectivity index (χ2n) is 6.53. The van der Waals surface area contributed by atoms with Gasteiger partial charge in [0.15, 0.2) is 0 Å². The van der Waals surface area contributed by atoms with E-state index in [4.69, 9.17) is 0 Å². The standard InChI is InChI=1S/C17H33N/c1-5-7-17(10-9-15(2)3)14-18-12-6-8-16(4)11-13-18/h15,17H,4-14H2,1-3H3. The zero-order valence-corrected chi connectivity index (χ0v) is 12.9. The number of hydrogen-bond acceptors (Lipinski definition) is 1. The molecular weight excluding hydrogens is 218 g/mol. The maximum atomic E-state index is 4.16. The van der Waals surface area contributed by atoms with Crippen molar-refractivity contribution >= 4 is 0 Å². The molecule has 18 heavy (non-hydrogen) atoms. The van der Waals surface area contributed by atoms with Crippen molar-refractivity contribution in [3.8, 4) is 0 Å². The van der Waals surface area contributed by atoms with Gasteiger partial charge in [-0.05, 0) is 50.5 Å². The van der Waals surface area contributed by atoms with Crippen LogP contribution in [0.5, 0.6) is 0 Å². The van der Waals surface area contributed by atoms with Crippen molar-refractivity contribution < 1.29 is 0 Å². The summed E-state index contributed by atoms with van der Waals surface area (Å²) in [5.41, 5.74) is 1.46. The van der Waals surface area contributed by atoms with Crippen molar-refractivity contribution in [2.24, 2.45) is 11.8 Å². The monoisotopic (exact) mass is 251 g/mol. The summed E-state index contributed by atoms with van der Waals surface area (Å²) in [6, 6.07) is 0. The molecule has 1 aliphatic heterocycles. The van der Waals surface area contributed by atoms with Gasteiger partial charge in [-0.1, -0.05) is 45.8 Å². The van der Waals surface area contributed by atoms with E-state index in [1.165, 1.54) is 70.2 Å². The molecule has 0 saturated carbocycles. The first kappa shape index (κ1) is 15.8. The maximum Gasteiger partial charge on any atom is 0.00186 e. The Labute approximate surface area is 115 Å². The van der Waals surface area contributed by atoms with Gasteiger partial charge >= 0.3 is 0 Å². The van der Waals surface area contributed by atoms with Crippen molar-refractivity contribution in [3.05, 3.63) is 12.2 Å². The summed E-state index contributed by atoms with van der Waals surface area (Å²) < 4.78 is 0. The van der Waals surface area contributed by atoms with Gasteiger partial charge < -0.3 is 4.90 Å². The van der Waals surface area contributed by atoms with E-state index in [1.807, 2.05) is 0 Å². The topological polar surface area (TPSA) is 3.24 Å². The molecule has 1 rings (SSSR count). The molecule has 1 heterocycles. The predicted octanol–water partition coefficient (Wildman–Crippen LogP) is 4.88. The Morgan fingerprint density at radius 3 is 2.56 bits per heavy atom. The van der Waals surface area contributed by atoms with Crippen molar-refractivity contribution in [2.45, 2.75) is 65.7 Å². The predicted molar refractivity (Wildman–Crippen MR) is 81.9 cm³/mol. The summed E-state index contributed by atoms with van der Waals surface area (Å²) in [6.07, 6.45) is 9.35. The van der Waals surface area contributed by atoms with Crippen molar-refractivity contribution in [1.29, 1.82) is 0 Å². The molecule has 1 fully saturated rings.